The maximum Gasteiger partial charge on any atom is 0.279 e. The number of fused-ring (bicyclic) bond motifs is 1. The molecule has 152 valence electrons. The van der Waals surface area contributed by atoms with Gasteiger partial charge in [-0.1, -0.05) is 66.7 Å². The Labute approximate surface area is 178 Å². The molecule has 0 amide bonds. The van der Waals surface area contributed by atoms with Crippen molar-refractivity contribution < 1.29 is 4.52 Å². The first kappa shape index (κ1) is 18.9. The van der Waals surface area contributed by atoms with E-state index < -0.39 is 0 Å². The molecular formula is C25H20N4O2. The Bertz CT molecular complexity index is 1450. The van der Waals surface area contributed by atoms with Crippen LogP contribution in [0.5, 0.6) is 0 Å². The maximum absolute atomic E-state index is 13.1. The Morgan fingerprint density at radius 3 is 2.45 bits per heavy atom. The van der Waals surface area contributed by atoms with Gasteiger partial charge in [-0.15, -0.1) is 0 Å². The molecule has 6 heteroatoms. The highest BCUT2D eigenvalue weighted by Gasteiger charge is 2.19. The highest BCUT2D eigenvalue weighted by molar-refractivity contribution is 5.92. The molecule has 6 nitrogen and oxygen atoms in total. The standard InChI is InChI=1S/C25H20N4O2/c1-3-17-11-13-18(14-12-17)23-26-24(31-28-23)22-20-9-4-5-10-21(20)25(30)29(27-22)19-8-6-7-16(2)15-19/h4-15H,3H2,1-2H3. The molecule has 31 heavy (non-hydrogen) atoms. The minimum atomic E-state index is -0.195. The highest BCUT2D eigenvalue weighted by atomic mass is 16.5. The monoisotopic (exact) mass is 408 g/mol. The minimum absolute atomic E-state index is 0.195. The zero-order valence-electron chi connectivity index (χ0n) is 17.2. The third kappa shape index (κ3) is 3.42. The first-order valence-corrected chi connectivity index (χ1v) is 10.2. The first-order valence-electron chi connectivity index (χ1n) is 10.2. The van der Waals surface area contributed by atoms with Crippen LogP contribution in [0.25, 0.3) is 39.4 Å². The van der Waals surface area contributed by atoms with E-state index in [1.807, 2.05) is 61.5 Å². The largest absolute Gasteiger partial charge is 0.332 e. The number of rotatable bonds is 4. The van der Waals surface area contributed by atoms with Crippen LogP contribution in [0.15, 0.2) is 82.1 Å². The SMILES string of the molecule is CCc1ccc(-c2noc(-c3nn(-c4cccc(C)c4)c(=O)c4ccccc34)n2)cc1. The Morgan fingerprint density at radius 1 is 0.935 bits per heavy atom. The molecule has 5 aromatic rings. The topological polar surface area (TPSA) is 73.8 Å². The molecule has 0 spiro atoms. The summed E-state index contributed by atoms with van der Waals surface area (Å²) in [6.45, 7) is 4.09. The van der Waals surface area contributed by atoms with Crippen LogP contribution >= 0.6 is 0 Å². The van der Waals surface area contributed by atoms with E-state index in [9.17, 15) is 4.79 Å². The van der Waals surface area contributed by atoms with Crippen molar-refractivity contribution in [2.24, 2.45) is 0 Å². The van der Waals surface area contributed by atoms with Crippen LogP contribution in [-0.2, 0) is 6.42 Å². The number of aryl methyl sites for hydroxylation is 2. The molecular weight excluding hydrogens is 388 g/mol. The number of hydrogen-bond donors (Lipinski definition) is 0. The molecule has 0 bridgehead atoms. The van der Waals surface area contributed by atoms with Crippen LogP contribution in [-0.4, -0.2) is 19.9 Å². The lowest BCUT2D eigenvalue weighted by molar-refractivity contribution is 0.430. The van der Waals surface area contributed by atoms with E-state index >= 15 is 0 Å². The third-order valence-corrected chi connectivity index (χ3v) is 5.30. The predicted molar refractivity (Wildman–Crippen MR) is 120 cm³/mol. The van der Waals surface area contributed by atoms with Gasteiger partial charge >= 0.3 is 0 Å². The van der Waals surface area contributed by atoms with Crippen molar-refractivity contribution in [2.45, 2.75) is 20.3 Å². The summed E-state index contributed by atoms with van der Waals surface area (Å²) in [7, 11) is 0. The van der Waals surface area contributed by atoms with Gasteiger partial charge in [0, 0.05) is 10.9 Å². The Kier molecular flexibility index (Phi) is 4.67. The molecule has 0 fully saturated rings. The molecule has 0 aliphatic heterocycles. The number of nitrogens with zero attached hydrogens (tertiary/aromatic N) is 4. The number of aromatic nitrogens is 4. The summed E-state index contributed by atoms with van der Waals surface area (Å²) in [5.74, 6) is 0.754. The van der Waals surface area contributed by atoms with E-state index in [0.29, 0.717) is 28.0 Å². The van der Waals surface area contributed by atoms with Crippen LogP contribution in [0, 0.1) is 6.92 Å². The Hall–Kier alpha value is -4.06. The van der Waals surface area contributed by atoms with Gasteiger partial charge in [-0.25, -0.2) is 0 Å². The van der Waals surface area contributed by atoms with Gasteiger partial charge in [0.2, 0.25) is 5.82 Å². The normalized spacial score (nSPS) is 11.2. The molecule has 2 aromatic heterocycles. The summed E-state index contributed by atoms with van der Waals surface area (Å²) in [5.41, 5.74) is 4.11. The lowest BCUT2D eigenvalue weighted by atomic mass is 10.1. The lowest BCUT2D eigenvalue weighted by Crippen LogP contribution is -2.22. The van der Waals surface area contributed by atoms with E-state index in [4.69, 9.17) is 4.52 Å². The van der Waals surface area contributed by atoms with Gasteiger partial charge < -0.3 is 4.52 Å². The summed E-state index contributed by atoms with van der Waals surface area (Å²) < 4.78 is 6.98. The van der Waals surface area contributed by atoms with Gasteiger partial charge in [0.25, 0.3) is 11.4 Å². The summed E-state index contributed by atoms with van der Waals surface area (Å²) in [4.78, 5) is 17.7. The Morgan fingerprint density at radius 2 is 1.71 bits per heavy atom. The van der Waals surface area contributed by atoms with Crippen LogP contribution in [0.1, 0.15) is 18.1 Å². The van der Waals surface area contributed by atoms with Crippen molar-refractivity contribution in [2.75, 3.05) is 0 Å². The van der Waals surface area contributed by atoms with E-state index in [1.165, 1.54) is 10.2 Å². The smallest absolute Gasteiger partial charge is 0.279 e. The van der Waals surface area contributed by atoms with Gasteiger partial charge in [-0.2, -0.15) is 14.8 Å². The second-order valence-corrected chi connectivity index (χ2v) is 7.42. The fraction of sp³-hybridized carbons (Fsp3) is 0.120. The summed E-state index contributed by atoms with van der Waals surface area (Å²) >= 11 is 0. The van der Waals surface area contributed by atoms with Crippen molar-refractivity contribution in [3.63, 3.8) is 0 Å². The molecule has 0 atom stereocenters. The molecule has 0 unspecified atom stereocenters. The quantitative estimate of drug-likeness (QED) is 0.420. The van der Waals surface area contributed by atoms with E-state index in [0.717, 1.165) is 17.5 Å². The molecule has 0 saturated carbocycles. The number of hydrogen-bond acceptors (Lipinski definition) is 5. The lowest BCUT2D eigenvalue weighted by Gasteiger charge is -2.09. The van der Waals surface area contributed by atoms with Crippen LogP contribution in [0.3, 0.4) is 0 Å². The van der Waals surface area contributed by atoms with Gasteiger partial charge in [0.15, 0.2) is 5.69 Å². The van der Waals surface area contributed by atoms with Crippen molar-refractivity contribution in [1.82, 2.24) is 19.9 Å². The maximum atomic E-state index is 13.1. The summed E-state index contributed by atoms with van der Waals surface area (Å²) in [6, 6.07) is 23.1. The van der Waals surface area contributed by atoms with Crippen molar-refractivity contribution >= 4 is 10.8 Å². The van der Waals surface area contributed by atoms with Crippen molar-refractivity contribution in [3.8, 4) is 28.7 Å². The molecule has 0 N–H and O–H groups in total. The molecule has 3 aromatic carbocycles. The van der Waals surface area contributed by atoms with E-state index in [1.54, 1.807) is 6.07 Å². The summed E-state index contributed by atoms with van der Waals surface area (Å²) in [6.07, 6.45) is 0.966. The van der Waals surface area contributed by atoms with Gasteiger partial charge in [-0.05, 0) is 42.7 Å². The number of benzene rings is 3. The predicted octanol–water partition coefficient (Wildman–Crippen LogP) is 4.97. The second-order valence-electron chi connectivity index (χ2n) is 7.42. The van der Waals surface area contributed by atoms with Crippen molar-refractivity contribution in [1.29, 1.82) is 0 Å². The van der Waals surface area contributed by atoms with Gasteiger partial charge in [0.1, 0.15) is 0 Å². The molecule has 2 heterocycles. The Balaban J connectivity index is 1.69. The second kappa shape index (κ2) is 7.65. The molecule has 0 aliphatic carbocycles. The average Bonchev–Trinajstić information content (AvgIpc) is 3.30. The third-order valence-electron chi connectivity index (χ3n) is 5.30. The van der Waals surface area contributed by atoms with Crippen molar-refractivity contribution in [3.05, 3.63) is 94.3 Å². The van der Waals surface area contributed by atoms with Crippen LogP contribution in [0.4, 0.5) is 0 Å². The zero-order valence-corrected chi connectivity index (χ0v) is 17.2. The first-order chi connectivity index (χ1) is 15.1. The molecule has 0 radical (unpaired) electrons. The van der Waals surface area contributed by atoms with Crippen LogP contribution < -0.4 is 5.56 Å². The van der Waals surface area contributed by atoms with Gasteiger partial charge in [-0.3, -0.25) is 4.79 Å². The fourth-order valence-electron chi connectivity index (χ4n) is 3.61. The molecule has 0 saturated heterocycles. The highest BCUT2D eigenvalue weighted by Crippen LogP contribution is 2.26. The molecule has 0 aliphatic rings. The average molecular weight is 408 g/mol. The van der Waals surface area contributed by atoms with Crippen LogP contribution in [0.2, 0.25) is 0 Å². The fourth-order valence-corrected chi connectivity index (χ4v) is 3.61. The molecule has 5 rings (SSSR count). The minimum Gasteiger partial charge on any atom is -0.332 e. The summed E-state index contributed by atoms with van der Waals surface area (Å²) in [5, 5.41) is 9.99. The van der Waals surface area contributed by atoms with E-state index in [2.05, 4.69) is 34.3 Å². The van der Waals surface area contributed by atoms with E-state index in [-0.39, 0.29) is 11.4 Å². The van der Waals surface area contributed by atoms with Gasteiger partial charge in [0.05, 0.1) is 11.1 Å². The zero-order chi connectivity index (χ0) is 21.4.